The van der Waals surface area contributed by atoms with Crippen LogP contribution in [0, 0.1) is 0 Å². The minimum Gasteiger partial charge on any atom is -0.378 e. The van der Waals surface area contributed by atoms with Crippen LogP contribution in [0.4, 0.5) is 4.79 Å². The maximum absolute atomic E-state index is 12.4. The zero-order chi connectivity index (χ0) is 13.9. The Morgan fingerprint density at radius 3 is 2.75 bits per heavy atom. The molecule has 3 rings (SSSR count). The Balaban J connectivity index is 1.99. The van der Waals surface area contributed by atoms with E-state index < -0.39 is 11.8 Å². The summed E-state index contributed by atoms with van der Waals surface area (Å²) in [7, 11) is 0. The number of ether oxygens (including phenoxy) is 1. The largest absolute Gasteiger partial charge is 0.450 e. The lowest BCUT2D eigenvalue weighted by molar-refractivity contribution is 0.0532. The van der Waals surface area contributed by atoms with Crippen molar-refractivity contribution in [1.82, 2.24) is 24.6 Å². The lowest BCUT2D eigenvalue weighted by Gasteiger charge is -2.26. The molecule has 0 N–H and O–H groups in total. The first-order chi connectivity index (χ1) is 9.77. The molecule has 0 aromatic carbocycles. The molecule has 0 radical (unpaired) electrons. The van der Waals surface area contributed by atoms with E-state index in [4.69, 9.17) is 4.74 Å². The second-order valence-electron chi connectivity index (χ2n) is 4.08. The van der Waals surface area contributed by atoms with Crippen LogP contribution in [0.1, 0.15) is 0 Å². The van der Waals surface area contributed by atoms with E-state index >= 15 is 0 Å². The average Bonchev–Trinajstić information content (AvgIpc) is 2.90. The summed E-state index contributed by atoms with van der Waals surface area (Å²) in [6, 6.07) is -0.500. The quantitative estimate of drug-likeness (QED) is 0.698. The molecule has 1 fully saturated rings. The average molecular weight is 277 g/mol. The van der Waals surface area contributed by atoms with Crippen molar-refractivity contribution in [1.29, 1.82) is 0 Å². The van der Waals surface area contributed by atoms with E-state index in [9.17, 15) is 9.59 Å². The highest BCUT2D eigenvalue weighted by Gasteiger charge is 2.26. The number of rotatable bonds is 1. The van der Waals surface area contributed by atoms with Crippen molar-refractivity contribution in [2.45, 2.75) is 0 Å². The molecule has 1 aliphatic heterocycles. The molecule has 0 aliphatic carbocycles. The fraction of sp³-hybridized carbons (Fsp3) is 0.364. The van der Waals surface area contributed by atoms with Gasteiger partial charge in [-0.05, 0) is 0 Å². The second kappa shape index (κ2) is 5.21. The molecule has 2 aromatic rings. The fourth-order valence-corrected chi connectivity index (χ4v) is 1.89. The lowest BCUT2D eigenvalue weighted by Crippen LogP contribution is -2.45. The normalized spacial score (nSPS) is 15.3. The Hall–Kier alpha value is -2.55. The minimum absolute atomic E-state index is 0.0413. The van der Waals surface area contributed by atoms with Gasteiger partial charge in [0.1, 0.15) is 5.69 Å². The van der Waals surface area contributed by atoms with Crippen molar-refractivity contribution in [3.8, 4) is 11.5 Å². The Morgan fingerprint density at radius 2 is 2.05 bits per heavy atom. The molecular weight excluding hydrogens is 266 g/mol. The molecule has 0 saturated carbocycles. The van der Waals surface area contributed by atoms with Crippen molar-refractivity contribution in [2.24, 2.45) is 0 Å². The Bertz CT molecular complexity index is 659. The van der Waals surface area contributed by atoms with Crippen LogP contribution in [0.2, 0.25) is 0 Å². The van der Waals surface area contributed by atoms with Crippen molar-refractivity contribution in [3.63, 3.8) is 0 Å². The number of amides is 1. The summed E-state index contributed by atoms with van der Waals surface area (Å²) < 4.78 is 10.6. The molecule has 1 saturated heterocycles. The summed E-state index contributed by atoms with van der Waals surface area (Å²) >= 11 is 0. The first-order valence-electron chi connectivity index (χ1n) is 5.99. The van der Waals surface area contributed by atoms with Gasteiger partial charge in [-0.2, -0.15) is 4.57 Å². The highest BCUT2D eigenvalue weighted by Crippen LogP contribution is 2.12. The molecule has 104 valence electrons. The number of morpholine rings is 1. The summed E-state index contributed by atoms with van der Waals surface area (Å²) in [5, 5.41) is 3.60. The topological polar surface area (TPSA) is 103 Å². The molecule has 0 bridgehead atoms. The third-order valence-electron chi connectivity index (χ3n) is 2.87. The predicted molar refractivity (Wildman–Crippen MR) is 65.0 cm³/mol. The molecular formula is C11H11N5O4. The maximum atomic E-state index is 12.4. The van der Waals surface area contributed by atoms with Gasteiger partial charge in [-0.15, -0.1) is 0 Å². The predicted octanol–water partition coefficient (Wildman–Crippen LogP) is -0.406. The van der Waals surface area contributed by atoms with E-state index in [1.165, 1.54) is 23.5 Å². The SMILES string of the molecule is O=C(N1CCOCC1)n1c(-c2cnccn2)noc1=O. The van der Waals surface area contributed by atoms with E-state index in [0.717, 1.165) is 4.57 Å². The van der Waals surface area contributed by atoms with Crippen molar-refractivity contribution >= 4 is 6.03 Å². The number of hydrogen-bond acceptors (Lipinski definition) is 7. The highest BCUT2D eigenvalue weighted by molar-refractivity contribution is 5.80. The third kappa shape index (κ3) is 2.18. The van der Waals surface area contributed by atoms with Crippen molar-refractivity contribution in [2.75, 3.05) is 26.3 Å². The lowest BCUT2D eigenvalue weighted by atomic mass is 10.4. The summed E-state index contributed by atoms with van der Waals surface area (Å²) in [6.07, 6.45) is 4.33. The molecule has 2 aromatic heterocycles. The van der Waals surface area contributed by atoms with Crippen molar-refractivity contribution < 1.29 is 14.1 Å². The molecule has 9 heteroatoms. The molecule has 3 heterocycles. The third-order valence-corrected chi connectivity index (χ3v) is 2.87. The van der Waals surface area contributed by atoms with Crippen LogP contribution in [0.5, 0.6) is 0 Å². The van der Waals surface area contributed by atoms with E-state index in [0.29, 0.717) is 32.0 Å². The molecule has 20 heavy (non-hydrogen) atoms. The monoisotopic (exact) mass is 277 g/mol. The maximum Gasteiger partial charge on any atom is 0.450 e. The summed E-state index contributed by atoms with van der Waals surface area (Å²) in [4.78, 5) is 33.5. The fourth-order valence-electron chi connectivity index (χ4n) is 1.89. The molecule has 0 atom stereocenters. The first kappa shape index (κ1) is 12.5. The number of nitrogens with zero attached hydrogens (tertiary/aromatic N) is 5. The molecule has 0 spiro atoms. The van der Waals surface area contributed by atoms with Gasteiger partial charge in [-0.3, -0.25) is 9.51 Å². The van der Waals surface area contributed by atoms with Crippen LogP contribution in [0.3, 0.4) is 0 Å². The van der Waals surface area contributed by atoms with E-state index in [1.54, 1.807) is 0 Å². The summed E-state index contributed by atoms with van der Waals surface area (Å²) in [5.74, 6) is -0.804. The van der Waals surface area contributed by atoms with Gasteiger partial charge in [-0.1, -0.05) is 5.16 Å². The van der Waals surface area contributed by atoms with Gasteiger partial charge in [0.15, 0.2) is 0 Å². The van der Waals surface area contributed by atoms with Crippen LogP contribution in [-0.2, 0) is 4.74 Å². The number of carbonyl (C=O) groups excluding carboxylic acids is 1. The van der Waals surface area contributed by atoms with E-state index in [2.05, 4.69) is 19.6 Å². The van der Waals surface area contributed by atoms with E-state index in [-0.39, 0.29) is 5.82 Å². The highest BCUT2D eigenvalue weighted by atomic mass is 16.5. The van der Waals surface area contributed by atoms with Crippen molar-refractivity contribution in [3.05, 3.63) is 29.1 Å². The van der Waals surface area contributed by atoms with Gasteiger partial charge in [0.25, 0.3) is 0 Å². The number of aromatic nitrogens is 4. The Morgan fingerprint density at radius 1 is 1.25 bits per heavy atom. The molecule has 1 amide bonds. The minimum atomic E-state index is -0.845. The number of hydrogen-bond donors (Lipinski definition) is 0. The van der Waals surface area contributed by atoms with Gasteiger partial charge in [0.05, 0.1) is 19.4 Å². The van der Waals surface area contributed by atoms with Crippen LogP contribution in [-0.4, -0.2) is 56.9 Å². The van der Waals surface area contributed by atoms with Gasteiger partial charge in [-0.25, -0.2) is 14.6 Å². The first-order valence-corrected chi connectivity index (χ1v) is 5.99. The smallest absolute Gasteiger partial charge is 0.378 e. The van der Waals surface area contributed by atoms with Gasteiger partial charge >= 0.3 is 11.8 Å². The molecule has 0 unspecified atom stereocenters. The van der Waals surface area contributed by atoms with E-state index in [1.807, 2.05) is 0 Å². The van der Waals surface area contributed by atoms with Gasteiger partial charge < -0.3 is 9.64 Å². The zero-order valence-corrected chi connectivity index (χ0v) is 10.4. The Labute approximate surface area is 112 Å². The van der Waals surface area contributed by atoms with Crippen LogP contribution >= 0.6 is 0 Å². The number of carbonyl (C=O) groups is 1. The van der Waals surface area contributed by atoms with Crippen LogP contribution < -0.4 is 5.76 Å². The van der Waals surface area contributed by atoms with Gasteiger partial charge in [0, 0.05) is 25.5 Å². The zero-order valence-electron chi connectivity index (χ0n) is 10.4. The summed E-state index contributed by atoms with van der Waals surface area (Å²) in [6.45, 7) is 1.70. The van der Waals surface area contributed by atoms with Crippen LogP contribution in [0.15, 0.2) is 27.9 Å². The standard InChI is InChI=1S/C11H11N5O4/c17-10(15-3-5-19-6-4-15)16-9(14-20-11(16)18)8-7-12-1-2-13-8/h1-2,7H,3-6H2. The Kier molecular flexibility index (Phi) is 3.25. The molecule has 9 nitrogen and oxygen atoms in total. The molecule has 1 aliphatic rings. The second-order valence-corrected chi connectivity index (χ2v) is 4.08. The van der Waals surface area contributed by atoms with Crippen LogP contribution in [0.25, 0.3) is 11.5 Å². The van der Waals surface area contributed by atoms with Gasteiger partial charge in [0.2, 0.25) is 5.82 Å². The summed E-state index contributed by atoms with van der Waals surface area (Å²) in [5.41, 5.74) is 0.292.